The predicted octanol–water partition coefficient (Wildman–Crippen LogP) is 4.17. The Hall–Kier alpha value is -2.19. The molecule has 1 atom stereocenters. The van der Waals surface area contributed by atoms with Crippen LogP contribution in [0.2, 0.25) is 5.02 Å². The summed E-state index contributed by atoms with van der Waals surface area (Å²) in [6, 6.07) is 9.51. The van der Waals surface area contributed by atoms with Crippen LogP contribution in [0.5, 0.6) is 0 Å². The lowest BCUT2D eigenvalue weighted by atomic mass is 10.0. The largest absolute Gasteiger partial charge is 0.379 e. The van der Waals surface area contributed by atoms with Crippen molar-refractivity contribution < 1.29 is 14.1 Å². The first-order valence-corrected chi connectivity index (χ1v) is 10.8. The number of benzene rings is 1. The Bertz CT molecular complexity index is 967. The number of carbonyl (C=O) groups excluding carboxylic acids is 1. The topological polar surface area (TPSA) is 67.6 Å². The zero-order chi connectivity index (χ0) is 20.2. The molecule has 8 heteroatoms. The Kier molecular flexibility index (Phi) is 6.30. The maximum atomic E-state index is 13.1. The van der Waals surface area contributed by atoms with Crippen molar-refractivity contribution in [2.45, 2.75) is 13.0 Å². The van der Waals surface area contributed by atoms with E-state index in [0.29, 0.717) is 47.4 Å². The van der Waals surface area contributed by atoms with E-state index in [9.17, 15) is 4.79 Å². The summed E-state index contributed by atoms with van der Waals surface area (Å²) in [5.41, 5.74) is 2.76. The summed E-state index contributed by atoms with van der Waals surface area (Å²) >= 11 is 7.97. The monoisotopic (exact) mass is 431 g/mol. The molecule has 0 radical (unpaired) electrons. The van der Waals surface area contributed by atoms with Gasteiger partial charge in [0, 0.05) is 25.2 Å². The number of aryl methyl sites for hydroxylation is 1. The van der Waals surface area contributed by atoms with Crippen molar-refractivity contribution >= 4 is 28.8 Å². The number of hydrogen-bond acceptors (Lipinski definition) is 6. The van der Waals surface area contributed by atoms with Gasteiger partial charge in [0.2, 0.25) is 0 Å². The van der Waals surface area contributed by atoms with Gasteiger partial charge in [-0.2, -0.15) is 11.3 Å². The van der Waals surface area contributed by atoms with E-state index < -0.39 is 0 Å². The number of amides is 1. The van der Waals surface area contributed by atoms with Crippen molar-refractivity contribution in [3.8, 4) is 11.3 Å². The van der Waals surface area contributed by atoms with Gasteiger partial charge in [-0.25, -0.2) is 0 Å². The van der Waals surface area contributed by atoms with Gasteiger partial charge in [0.05, 0.1) is 24.3 Å². The van der Waals surface area contributed by atoms with Crippen molar-refractivity contribution in [2.24, 2.45) is 0 Å². The minimum atomic E-state index is -0.216. The third-order valence-corrected chi connectivity index (χ3v) is 6.12. The highest BCUT2D eigenvalue weighted by Gasteiger charge is 2.26. The minimum Gasteiger partial charge on any atom is -0.379 e. The van der Waals surface area contributed by atoms with Gasteiger partial charge in [-0.1, -0.05) is 35.0 Å². The average molecular weight is 432 g/mol. The fraction of sp³-hybridized carbons (Fsp3) is 0.333. The highest BCUT2D eigenvalue weighted by molar-refractivity contribution is 7.08. The van der Waals surface area contributed by atoms with Crippen molar-refractivity contribution in [1.29, 1.82) is 0 Å². The third kappa shape index (κ3) is 4.38. The number of nitrogens with zero attached hydrogens (tertiary/aromatic N) is 2. The minimum absolute atomic E-state index is 0.0954. The molecule has 1 saturated heterocycles. The van der Waals surface area contributed by atoms with E-state index in [0.717, 1.165) is 13.1 Å². The zero-order valence-corrected chi connectivity index (χ0v) is 17.6. The molecule has 1 fully saturated rings. The molecule has 152 valence electrons. The van der Waals surface area contributed by atoms with E-state index in [2.05, 4.69) is 32.2 Å². The van der Waals surface area contributed by atoms with Crippen molar-refractivity contribution in [3.63, 3.8) is 0 Å². The summed E-state index contributed by atoms with van der Waals surface area (Å²) in [5, 5.41) is 11.9. The molecule has 4 rings (SSSR count). The van der Waals surface area contributed by atoms with E-state index in [1.165, 1.54) is 5.56 Å². The van der Waals surface area contributed by atoms with Gasteiger partial charge < -0.3 is 14.6 Å². The maximum absolute atomic E-state index is 13.1. The molecule has 1 aromatic carbocycles. The van der Waals surface area contributed by atoms with Crippen LogP contribution in [0.1, 0.15) is 27.7 Å². The molecule has 1 amide bonds. The van der Waals surface area contributed by atoms with E-state index in [4.69, 9.17) is 20.9 Å². The molecule has 1 aliphatic rings. The van der Waals surface area contributed by atoms with E-state index in [1.54, 1.807) is 24.3 Å². The Balaban J connectivity index is 1.55. The number of carbonyl (C=O) groups is 1. The second kappa shape index (κ2) is 9.09. The number of nitrogens with one attached hydrogen (secondary N) is 1. The number of thiophene rings is 1. The van der Waals surface area contributed by atoms with Crippen LogP contribution in [0, 0.1) is 6.92 Å². The van der Waals surface area contributed by atoms with Crippen LogP contribution in [-0.2, 0) is 4.74 Å². The molecular formula is C21H22ClN3O3S. The highest BCUT2D eigenvalue weighted by atomic mass is 35.5. The molecule has 0 spiro atoms. The zero-order valence-electron chi connectivity index (χ0n) is 16.1. The maximum Gasteiger partial charge on any atom is 0.257 e. The fourth-order valence-corrected chi connectivity index (χ4v) is 4.50. The summed E-state index contributed by atoms with van der Waals surface area (Å²) < 4.78 is 10.8. The van der Waals surface area contributed by atoms with Gasteiger partial charge in [0.15, 0.2) is 0 Å². The first kappa shape index (κ1) is 20.1. The number of aromatic nitrogens is 1. The first-order chi connectivity index (χ1) is 14.1. The van der Waals surface area contributed by atoms with Crippen molar-refractivity contribution in [1.82, 2.24) is 15.4 Å². The number of morpholine rings is 1. The average Bonchev–Trinajstić information content (AvgIpc) is 3.39. The molecule has 2 aromatic heterocycles. The summed E-state index contributed by atoms with van der Waals surface area (Å²) in [4.78, 5) is 15.4. The summed E-state index contributed by atoms with van der Waals surface area (Å²) in [6.45, 7) is 5.32. The van der Waals surface area contributed by atoms with Crippen LogP contribution in [-0.4, -0.2) is 48.8 Å². The molecule has 1 aliphatic heterocycles. The fourth-order valence-electron chi connectivity index (χ4n) is 3.57. The Labute approximate surface area is 178 Å². The van der Waals surface area contributed by atoms with Crippen LogP contribution >= 0.6 is 22.9 Å². The number of halogens is 1. The molecular weight excluding hydrogens is 410 g/mol. The van der Waals surface area contributed by atoms with Gasteiger partial charge in [-0.05, 0) is 35.4 Å². The quantitative estimate of drug-likeness (QED) is 0.634. The summed E-state index contributed by atoms with van der Waals surface area (Å²) in [6.07, 6.45) is 0. The van der Waals surface area contributed by atoms with Crippen LogP contribution in [0.15, 0.2) is 45.6 Å². The molecule has 1 N–H and O–H groups in total. The lowest BCUT2D eigenvalue weighted by molar-refractivity contribution is 0.0163. The van der Waals surface area contributed by atoms with Gasteiger partial charge in [0.25, 0.3) is 5.91 Å². The molecule has 3 heterocycles. The number of rotatable bonds is 6. The smallest absolute Gasteiger partial charge is 0.257 e. The lowest BCUT2D eigenvalue weighted by Crippen LogP contribution is -2.43. The highest BCUT2D eigenvalue weighted by Crippen LogP contribution is 2.31. The summed E-state index contributed by atoms with van der Waals surface area (Å²) in [7, 11) is 0. The number of hydrogen-bond donors (Lipinski definition) is 1. The molecule has 3 aromatic rings. The number of ether oxygens (including phenoxy) is 1. The lowest BCUT2D eigenvalue weighted by Gasteiger charge is -2.34. The third-order valence-electron chi connectivity index (χ3n) is 5.09. The van der Waals surface area contributed by atoms with Gasteiger partial charge in [-0.3, -0.25) is 9.69 Å². The van der Waals surface area contributed by atoms with Crippen molar-refractivity contribution in [2.75, 3.05) is 32.8 Å². The van der Waals surface area contributed by atoms with E-state index >= 15 is 0 Å². The Morgan fingerprint density at radius 1 is 1.31 bits per heavy atom. The molecule has 6 nitrogen and oxygen atoms in total. The Morgan fingerprint density at radius 3 is 2.83 bits per heavy atom. The molecule has 0 bridgehead atoms. The summed E-state index contributed by atoms with van der Waals surface area (Å²) in [5.74, 6) is 0.253. The molecule has 0 aliphatic carbocycles. The Morgan fingerprint density at radius 2 is 2.10 bits per heavy atom. The SMILES string of the molecule is Cc1onc(-c2ccccc2Cl)c1C(=O)NCC(c1ccsc1)N1CCOCC1. The molecule has 0 saturated carbocycles. The molecule has 29 heavy (non-hydrogen) atoms. The van der Waals surface area contributed by atoms with Gasteiger partial charge in [0.1, 0.15) is 17.0 Å². The van der Waals surface area contributed by atoms with Crippen LogP contribution < -0.4 is 5.32 Å². The van der Waals surface area contributed by atoms with Crippen LogP contribution in [0.3, 0.4) is 0 Å². The van der Waals surface area contributed by atoms with Crippen LogP contribution in [0.4, 0.5) is 0 Å². The van der Waals surface area contributed by atoms with Crippen molar-refractivity contribution in [3.05, 3.63) is 63.0 Å². The first-order valence-electron chi connectivity index (χ1n) is 9.48. The normalized spacial score (nSPS) is 15.9. The standard InChI is InChI=1S/C21H22ClN3O3S/c1-14-19(20(24-28-14)16-4-2-3-5-17(16)22)21(26)23-12-18(15-6-11-29-13-15)25-7-9-27-10-8-25/h2-6,11,13,18H,7-10,12H2,1H3,(H,23,26). The predicted molar refractivity (Wildman–Crippen MR) is 113 cm³/mol. The van der Waals surface area contributed by atoms with Gasteiger partial charge in [-0.15, -0.1) is 0 Å². The van der Waals surface area contributed by atoms with Gasteiger partial charge >= 0.3 is 0 Å². The second-order valence-corrected chi connectivity index (χ2v) is 8.06. The second-order valence-electron chi connectivity index (χ2n) is 6.87. The molecule has 1 unspecified atom stereocenters. The van der Waals surface area contributed by atoms with Crippen LogP contribution in [0.25, 0.3) is 11.3 Å². The van der Waals surface area contributed by atoms with E-state index in [1.807, 2.05) is 18.2 Å². The van der Waals surface area contributed by atoms with E-state index in [-0.39, 0.29) is 11.9 Å².